The Kier molecular flexibility index (Phi) is 4.26. The highest BCUT2D eigenvalue weighted by Crippen LogP contribution is 2.44. The summed E-state index contributed by atoms with van der Waals surface area (Å²) in [4.78, 5) is 11.2. The van der Waals surface area contributed by atoms with Crippen molar-refractivity contribution in [2.45, 2.75) is 24.9 Å². The first kappa shape index (κ1) is 16.2. The second kappa shape index (κ2) is 5.53. The van der Waals surface area contributed by atoms with E-state index in [4.69, 9.17) is 0 Å². The first-order valence-corrected chi connectivity index (χ1v) is 6.52. The molecule has 0 amide bonds. The Bertz CT molecular complexity index is 431. The predicted molar refractivity (Wildman–Crippen MR) is 60.3 cm³/mol. The van der Waals surface area contributed by atoms with Crippen LogP contribution >= 0.6 is 0 Å². The second-order valence-corrected chi connectivity index (χ2v) is 5.51. The SMILES string of the molecule is O=C(OCC1CC2C=CC1C2)C(F)(F)C(CF)C(F)(F)F. The minimum Gasteiger partial charge on any atom is -0.461 e. The number of esters is 1. The Morgan fingerprint density at radius 1 is 1.19 bits per heavy atom. The molecule has 120 valence electrons. The van der Waals surface area contributed by atoms with E-state index in [1.165, 1.54) is 0 Å². The number of hydrogen-bond donors (Lipinski definition) is 0. The molecule has 0 N–H and O–H groups in total. The van der Waals surface area contributed by atoms with Crippen LogP contribution in [0.2, 0.25) is 0 Å². The average Bonchev–Trinajstić information content (AvgIpc) is 2.96. The lowest BCUT2D eigenvalue weighted by molar-refractivity contribution is -0.249. The van der Waals surface area contributed by atoms with Crippen molar-refractivity contribution in [3.05, 3.63) is 12.2 Å². The highest BCUT2D eigenvalue weighted by Gasteiger charge is 2.61. The maximum atomic E-state index is 13.4. The lowest BCUT2D eigenvalue weighted by Crippen LogP contribution is -2.47. The summed E-state index contributed by atoms with van der Waals surface area (Å²) in [5, 5.41) is 0. The van der Waals surface area contributed by atoms with E-state index in [0.717, 1.165) is 6.42 Å². The van der Waals surface area contributed by atoms with Crippen molar-refractivity contribution in [2.24, 2.45) is 23.7 Å². The van der Waals surface area contributed by atoms with Gasteiger partial charge < -0.3 is 4.74 Å². The molecule has 4 unspecified atom stereocenters. The number of rotatable bonds is 5. The summed E-state index contributed by atoms with van der Waals surface area (Å²) in [6.07, 6.45) is -0.127. The van der Waals surface area contributed by atoms with Crippen molar-refractivity contribution in [3.63, 3.8) is 0 Å². The number of hydrogen-bond acceptors (Lipinski definition) is 2. The van der Waals surface area contributed by atoms with Gasteiger partial charge in [0.25, 0.3) is 0 Å². The van der Waals surface area contributed by atoms with E-state index < -0.39 is 30.7 Å². The first-order chi connectivity index (χ1) is 9.66. The van der Waals surface area contributed by atoms with Gasteiger partial charge in [0.15, 0.2) is 5.92 Å². The number of carbonyl (C=O) groups is 1. The molecule has 0 radical (unpaired) electrons. The third-order valence-corrected chi connectivity index (χ3v) is 4.10. The van der Waals surface area contributed by atoms with Gasteiger partial charge in [0.2, 0.25) is 0 Å². The number of fused-ring (bicyclic) bond motifs is 2. The standard InChI is InChI=1S/C13H14F6O2/c14-5-10(13(17,18)19)12(15,16)11(20)21-6-9-4-7-1-2-8(9)3-7/h1-2,7-10H,3-6H2. The van der Waals surface area contributed by atoms with Crippen LogP contribution in [0, 0.1) is 23.7 Å². The molecule has 4 atom stereocenters. The smallest absolute Gasteiger partial charge is 0.400 e. The van der Waals surface area contributed by atoms with Gasteiger partial charge in [-0.05, 0) is 30.6 Å². The number of alkyl halides is 6. The first-order valence-electron chi connectivity index (χ1n) is 6.52. The Labute approximate surface area is 117 Å². The van der Waals surface area contributed by atoms with Crippen molar-refractivity contribution < 1.29 is 35.9 Å². The molecular formula is C13H14F6O2. The summed E-state index contributed by atoms with van der Waals surface area (Å²) in [7, 11) is 0. The van der Waals surface area contributed by atoms with Crippen LogP contribution in [0.3, 0.4) is 0 Å². The molecule has 2 bridgehead atoms. The molecule has 1 fully saturated rings. The zero-order chi connectivity index (χ0) is 15.8. The van der Waals surface area contributed by atoms with E-state index in [-0.39, 0.29) is 18.4 Å². The summed E-state index contributed by atoms with van der Waals surface area (Å²) < 4.78 is 80.3. The van der Waals surface area contributed by atoms with Crippen molar-refractivity contribution >= 4 is 5.97 Å². The van der Waals surface area contributed by atoms with E-state index in [1.54, 1.807) is 0 Å². The van der Waals surface area contributed by atoms with Crippen LogP contribution in [0.15, 0.2) is 12.2 Å². The fraction of sp³-hybridized carbons (Fsp3) is 0.769. The number of carbonyl (C=O) groups excluding carboxylic acids is 1. The van der Waals surface area contributed by atoms with Gasteiger partial charge in [-0.15, -0.1) is 0 Å². The molecule has 1 saturated carbocycles. The summed E-state index contributed by atoms with van der Waals surface area (Å²) >= 11 is 0. The lowest BCUT2D eigenvalue weighted by Gasteiger charge is -2.26. The van der Waals surface area contributed by atoms with E-state index in [9.17, 15) is 31.1 Å². The third-order valence-electron chi connectivity index (χ3n) is 4.10. The molecule has 21 heavy (non-hydrogen) atoms. The molecule has 0 spiro atoms. The zero-order valence-corrected chi connectivity index (χ0v) is 10.9. The minimum atomic E-state index is -5.51. The Morgan fingerprint density at radius 3 is 2.29 bits per heavy atom. The van der Waals surface area contributed by atoms with Gasteiger partial charge in [0.05, 0.1) is 6.61 Å². The van der Waals surface area contributed by atoms with E-state index in [2.05, 4.69) is 4.74 Å². The van der Waals surface area contributed by atoms with E-state index in [0.29, 0.717) is 12.3 Å². The normalized spacial score (nSPS) is 29.7. The Hall–Kier alpha value is -1.21. The molecule has 0 saturated heterocycles. The van der Waals surface area contributed by atoms with Gasteiger partial charge in [-0.25, -0.2) is 4.79 Å². The molecule has 0 heterocycles. The van der Waals surface area contributed by atoms with Crippen LogP contribution in [0.25, 0.3) is 0 Å². The van der Waals surface area contributed by atoms with Crippen molar-refractivity contribution in [2.75, 3.05) is 13.3 Å². The minimum absolute atomic E-state index is 0.107. The van der Waals surface area contributed by atoms with Crippen LogP contribution in [0.1, 0.15) is 12.8 Å². The summed E-state index contributed by atoms with van der Waals surface area (Å²) in [6.45, 7) is -2.74. The van der Waals surface area contributed by atoms with Crippen molar-refractivity contribution in [1.82, 2.24) is 0 Å². The molecular weight excluding hydrogens is 302 g/mol. The maximum Gasteiger partial charge on any atom is 0.400 e. The molecule has 8 heteroatoms. The molecule has 2 rings (SSSR count). The number of allylic oxidation sites excluding steroid dienone is 2. The number of ether oxygens (including phenoxy) is 1. The quantitative estimate of drug-likeness (QED) is 0.441. The molecule has 2 aliphatic carbocycles. The van der Waals surface area contributed by atoms with Gasteiger partial charge >= 0.3 is 18.1 Å². The van der Waals surface area contributed by atoms with Crippen molar-refractivity contribution in [1.29, 1.82) is 0 Å². The zero-order valence-electron chi connectivity index (χ0n) is 10.9. The van der Waals surface area contributed by atoms with Gasteiger partial charge in [0, 0.05) is 0 Å². The van der Waals surface area contributed by atoms with Crippen LogP contribution < -0.4 is 0 Å². The van der Waals surface area contributed by atoms with Crippen LogP contribution in [-0.4, -0.2) is 31.3 Å². The largest absolute Gasteiger partial charge is 0.461 e. The fourth-order valence-corrected chi connectivity index (χ4v) is 2.90. The fourth-order valence-electron chi connectivity index (χ4n) is 2.90. The van der Waals surface area contributed by atoms with Gasteiger partial charge in [-0.2, -0.15) is 22.0 Å². The molecule has 0 aromatic rings. The van der Waals surface area contributed by atoms with Gasteiger partial charge in [0.1, 0.15) is 6.67 Å². The highest BCUT2D eigenvalue weighted by atomic mass is 19.4. The third kappa shape index (κ3) is 3.18. The second-order valence-electron chi connectivity index (χ2n) is 5.51. The van der Waals surface area contributed by atoms with Crippen LogP contribution in [-0.2, 0) is 9.53 Å². The van der Waals surface area contributed by atoms with Crippen LogP contribution in [0.4, 0.5) is 26.3 Å². The lowest BCUT2D eigenvalue weighted by atomic mass is 9.94. The molecule has 0 aromatic heterocycles. The molecule has 0 aromatic carbocycles. The summed E-state index contributed by atoms with van der Waals surface area (Å²) in [5.74, 6) is -10.6. The maximum absolute atomic E-state index is 13.4. The van der Waals surface area contributed by atoms with Gasteiger partial charge in [-0.3, -0.25) is 4.39 Å². The Balaban J connectivity index is 1.93. The highest BCUT2D eigenvalue weighted by molar-refractivity contribution is 5.78. The van der Waals surface area contributed by atoms with Gasteiger partial charge in [-0.1, -0.05) is 12.2 Å². The molecule has 0 aliphatic heterocycles. The summed E-state index contributed by atoms with van der Waals surface area (Å²) in [5.41, 5.74) is 0. The predicted octanol–water partition coefficient (Wildman–Crippen LogP) is 3.53. The summed E-state index contributed by atoms with van der Waals surface area (Å²) in [6, 6.07) is 0. The Morgan fingerprint density at radius 2 is 1.86 bits per heavy atom. The van der Waals surface area contributed by atoms with E-state index in [1.807, 2.05) is 12.2 Å². The number of halogens is 6. The van der Waals surface area contributed by atoms with Crippen LogP contribution in [0.5, 0.6) is 0 Å². The topological polar surface area (TPSA) is 26.3 Å². The average molecular weight is 316 g/mol. The molecule has 2 aliphatic rings. The van der Waals surface area contributed by atoms with Crippen molar-refractivity contribution in [3.8, 4) is 0 Å². The monoisotopic (exact) mass is 316 g/mol. The molecule has 2 nitrogen and oxygen atoms in total. The van der Waals surface area contributed by atoms with E-state index >= 15 is 0 Å².